The van der Waals surface area contributed by atoms with E-state index in [9.17, 15) is 4.79 Å². The van der Waals surface area contributed by atoms with Crippen molar-refractivity contribution < 1.29 is 14.8 Å². The number of anilines is 1. The molecule has 4 heteroatoms. The molecule has 0 spiro atoms. The van der Waals surface area contributed by atoms with E-state index >= 15 is 0 Å². The summed E-state index contributed by atoms with van der Waals surface area (Å²) in [7, 11) is 1.44. The summed E-state index contributed by atoms with van der Waals surface area (Å²) in [5.41, 5.74) is 1.09. The van der Waals surface area contributed by atoms with Crippen LogP contribution in [-0.4, -0.2) is 38.8 Å². The molecular formula is C12H17N2O2+. The van der Waals surface area contributed by atoms with Gasteiger partial charge in [0.1, 0.15) is 6.54 Å². The molecule has 0 unspecified atom stereocenters. The lowest BCUT2D eigenvalue weighted by Crippen LogP contribution is -2.92. The van der Waals surface area contributed by atoms with E-state index < -0.39 is 0 Å². The van der Waals surface area contributed by atoms with Gasteiger partial charge >= 0.3 is 5.97 Å². The minimum Gasteiger partial charge on any atom is -0.467 e. The average molecular weight is 221 g/mol. The first-order valence-corrected chi connectivity index (χ1v) is 5.54. The Morgan fingerprint density at radius 1 is 1.44 bits per heavy atom. The molecule has 1 aliphatic rings. The standard InChI is InChI=1S/C12H16N2O2/c1-16-12(15)11-9-13-7-8-14(11)10-5-3-2-4-6-10/h2-6,11,13H,7-9H2,1H3/p+1/t11-/m0/s1. The molecule has 0 radical (unpaired) electrons. The summed E-state index contributed by atoms with van der Waals surface area (Å²) >= 11 is 0. The Balaban J connectivity index is 2.20. The molecule has 0 saturated carbocycles. The lowest BCUT2D eigenvalue weighted by Gasteiger charge is -2.33. The topological polar surface area (TPSA) is 46.1 Å². The van der Waals surface area contributed by atoms with Crippen molar-refractivity contribution >= 4 is 11.7 Å². The van der Waals surface area contributed by atoms with Crippen LogP contribution in [0.4, 0.5) is 5.69 Å². The predicted octanol–water partition coefficient (Wildman–Crippen LogP) is -0.388. The van der Waals surface area contributed by atoms with Crippen molar-refractivity contribution in [1.29, 1.82) is 0 Å². The van der Waals surface area contributed by atoms with Gasteiger partial charge in [0.05, 0.1) is 20.2 Å². The van der Waals surface area contributed by atoms with E-state index in [0.717, 1.165) is 25.3 Å². The number of nitrogens with two attached hydrogens (primary N) is 1. The smallest absolute Gasteiger partial charge is 0.334 e. The number of benzene rings is 1. The molecule has 1 aromatic carbocycles. The summed E-state index contributed by atoms with van der Waals surface area (Å²) in [6, 6.07) is 9.85. The zero-order valence-corrected chi connectivity index (χ0v) is 9.43. The number of hydrogen-bond donors (Lipinski definition) is 1. The van der Waals surface area contributed by atoms with Crippen LogP contribution >= 0.6 is 0 Å². The van der Waals surface area contributed by atoms with Gasteiger partial charge in [0.15, 0.2) is 6.04 Å². The van der Waals surface area contributed by atoms with Crippen LogP contribution in [-0.2, 0) is 9.53 Å². The molecule has 16 heavy (non-hydrogen) atoms. The summed E-state index contributed by atoms with van der Waals surface area (Å²) in [4.78, 5) is 13.8. The maximum Gasteiger partial charge on any atom is 0.334 e. The average Bonchev–Trinajstić information content (AvgIpc) is 2.39. The van der Waals surface area contributed by atoms with Crippen molar-refractivity contribution in [2.75, 3.05) is 31.6 Å². The molecular weight excluding hydrogens is 204 g/mol. The zero-order chi connectivity index (χ0) is 11.4. The molecule has 2 rings (SSSR count). The molecule has 4 nitrogen and oxygen atoms in total. The van der Waals surface area contributed by atoms with Crippen molar-refractivity contribution in [2.24, 2.45) is 0 Å². The number of rotatable bonds is 2. The second-order valence-corrected chi connectivity index (χ2v) is 3.88. The first-order valence-electron chi connectivity index (χ1n) is 5.54. The van der Waals surface area contributed by atoms with Crippen LogP contribution in [0.5, 0.6) is 0 Å². The minimum absolute atomic E-state index is 0.153. The molecule has 0 aliphatic carbocycles. The molecule has 0 bridgehead atoms. The third-order valence-electron chi connectivity index (χ3n) is 2.90. The minimum atomic E-state index is -0.166. The van der Waals surface area contributed by atoms with Gasteiger partial charge in [0, 0.05) is 5.69 Å². The first-order chi connectivity index (χ1) is 7.83. The van der Waals surface area contributed by atoms with Crippen molar-refractivity contribution in [3.63, 3.8) is 0 Å². The third-order valence-corrected chi connectivity index (χ3v) is 2.90. The lowest BCUT2D eigenvalue weighted by atomic mass is 10.1. The highest BCUT2D eigenvalue weighted by Crippen LogP contribution is 2.17. The number of quaternary nitrogens is 1. The fourth-order valence-electron chi connectivity index (χ4n) is 2.08. The van der Waals surface area contributed by atoms with Crippen molar-refractivity contribution in [1.82, 2.24) is 0 Å². The zero-order valence-electron chi connectivity index (χ0n) is 9.43. The maximum atomic E-state index is 11.7. The molecule has 1 atom stereocenters. The molecule has 1 saturated heterocycles. The van der Waals surface area contributed by atoms with E-state index in [-0.39, 0.29) is 12.0 Å². The Morgan fingerprint density at radius 2 is 2.19 bits per heavy atom. The van der Waals surface area contributed by atoms with Gasteiger partial charge in [-0.2, -0.15) is 0 Å². The van der Waals surface area contributed by atoms with Crippen molar-refractivity contribution in [3.05, 3.63) is 30.3 Å². The molecule has 1 heterocycles. The summed E-state index contributed by atoms with van der Waals surface area (Å²) in [5, 5.41) is 2.15. The van der Waals surface area contributed by atoms with Crippen molar-refractivity contribution in [3.8, 4) is 0 Å². The van der Waals surface area contributed by atoms with E-state index in [1.807, 2.05) is 30.3 Å². The summed E-state index contributed by atoms with van der Waals surface area (Å²) < 4.78 is 4.84. The van der Waals surface area contributed by atoms with Gasteiger partial charge in [-0.05, 0) is 12.1 Å². The van der Waals surface area contributed by atoms with Gasteiger partial charge in [-0.1, -0.05) is 18.2 Å². The number of carbonyl (C=O) groups excluding carboxylic acids is 1. The van der Waals surface area contributed by atoms with Gasteiger partial charge in [-0.25, -0.2) is 4.79 Å². The molecule has 1 aliphatic heterocycles. The SMILES string of the molecule is COC(=O)[C@@H]1C[NH2+]CCN1c1ccccc1. The van der Waals surface area contributed by atoms with Crippen LogP contribution in [0.25, 0.3) is 0 Å². The Morgan fingerprint density at radius 3 is 2.88 bits per heavy atom. The number of piperazine rings is 1. The number of esters is 1. The Kier molecular flexibility index (Phi) is 3.41. The molecule has 1 aromatic rings. The number of methoxy groups -OCH3 is 1. The van der Waals surface area contributed by atoms with Crippen LogP contribution in [0.15, 0.2) is 30.3 Å². The highest BCUT2D eigenvalue weighted by Gasteiger charge is 2.31. The molecule has 1 fully saturated rings. The van der Waals surface area contributed by atoms with Gasteiger partial charge in [-0.3, -0.25) is 0 Å². The second kappa shape index (κ2) is 4.99. The van der Waals surface area contributed by atoms with Crippen LogP contribution < -0.4 is 10.2 Å². The number of hydrogen-bond acceptors (Lipinski definition) is 3. The molecule has 2 N–H and O–H groups in total. The van der Waals surface area contributed by atoms with E-state index in [1.54, 1.807) is 0 Å². The van der Waals surface area contributed by atoms with Crippen LogP contribution in [0.2, 0.25) is 0 Å². The largest absolute Gasteiger partial charge is 0.467 e. The van der Waals surface area contributed by atoms with E-state index in [1.165, 1.54) is 7.11 Å². The van der Waals surface area contributed by atoms with E-state index in [4.69, 9.17) is 4.74 Å². The van der Waals surface area contributed by atoms with Gasteiger partial charge < -0.3 is 15.0 Å². The highest BCUT2D eigenvalue weighted by atomic mass is 16.5. The second-order valence-electron chi connectivity index (χ2n) is 3.88. The lowest BCUT2D eigenvalue weighted by molar-refractivity contribution is -0.658. The quantitative estimate of drug-likeness (QED) is 0.692. The normalized spacial score (nSPS) is 20.6. The monoisotopic (exact) mass is 221 g/mol. The van der Waals surface area contributed by atoms with Gasteiger partial charge in [-0.15, -0.1) is 0 Å². The number of para-hydroxylation sites is 1. The van der Waals surface area contributed by atoms with Crippen molar-refractivity contribution in [2.45, 2.75) is 6.04 Å². The predicted molar refractivity (Wildman–Crippen MR) is 61.3 cm³/mol. The summed E-state index contributed by atoms with van der Waals surface area (Å²) in [5.74, 6) is -0.153. The van der Waals surface area contributed by atoms with E-state index in [0.29, 0.717) is 0 Å². The third kappa shape index (κ3) is 2.17. The Labute approximate surface area is 95.2 Å². The Hall–Kier alpha value is -1.55. The fraction of sp³-hybridized carbons (Fsp3) is 0.417. The summed E-state index contributed by atoms with van der Waals surface area (Å²) in [6.07, 6.45) is 0. The number of nitrogens with zero attached hydrogens (tertiary/aromatic N) is 1. The van der Waals surface area contributed by atoms with Gasteiger partial charge in [0.2, 0.25) is 0 Å². The number of carbonyl (C=O) groups is 1. The Bertz CT molecular complexity index is 353. The summed E-state index contributed by atoms with van der Waals surface area (Å²) in [6.45, 7) is 2.66. The molecule has 0 aromatic heterocycles. The maximum absolute atomic E-state index is 11.7. The van der Waals surface area contributed by atoms with Gasteiger partial charge in [0.25, 0.3) is 0 Å². The van der Waals surface area contributed by atoms with Crippen LogP contribution in [0.3, 0.4) is 0 Å². The first kappa shape index (κ1) is 11.0. The molecule has 86 valence electrons. The van der Waals surface area contributed by atoms with Crippen LogP contribution in [0.1, 0.15) is 0 Å². The fourth-order valence-corrected chi connectivity index (χ4v) is 2.08. The number of ether oxygens (including phenoxy) is 1. The van der Waals surface area contributed by atoms with E-state index in [2.05, 4.69) is 10.2 Å². The molecule has 0 amide bonds. The highest BCUT2D eigenvalue weighted by molar-refractivity contribution is 5.80. The van der Waals surface area contributed by atoms with Crippen LogP contribution in [0, 0.1) is 0 Å².